The Bertz CT molecular complexity index is 741. The normalized spacial score (nSPS) is 10.9. The fourth-order valence-corrected chi connectivity index (χ4v) is 3.03. The van der Waals surface area contributed by atoms with E-state index < -0.39 is 0 Å². The summed E-state index contributed by atoms with van der Waals surface area (Å²) in [5.41, 5.74) is 2.62. The molecule has 0 amide bonds. The molecular weight excluding hydrogens is 352 g/mol. The van der Waals surface area contributed by atoms with Gasteiger partial charge in [0.05, 0.1) is 0 Å². The van der Waals surface area contributed by atoms with Gasteiger partial charge in [0.25, 0.3) is 0 Å². The van der Waals surface area contributed by atoms with Crippen molar-refractivity contribution in [2.24, 2.45) is 0 Å². The topological polar surface area (TPSA) is 45.0 Å². The van der Waals surface area contributed by atoms with E-state index in [1.807, 2.05) is 18.2 Å². The Labute approximate surface area is 167 Å². The monoisotopic (exact) mass is 380 g/mol. The van der Waals surface area contributed by atoms with Crippen LogP contribution in [0.15, 0.2) is 79.4 Å². The van der Waals surface area contributed by atoms with E-state index in [0.717, 1.165) is 31.0 Å². The van der Waals surface area contributed by atoms with Gasteiger partial charge in [0.2, 0.25) is 0 Å². The molecule has 0 radical (unpaired) electrons. The van der Waals surface area contributed by atoms with Crippen molar-refractivity contribution in [3.8, 4) is 11.1 Å². The zero-order valence-corrected chi connectivity index (χ0v) is 16.8. The second kappa shape index (κ2) is 14.5. The highest BCUT2D eigenvalue weighted by Gasteiger charge is 1.99. The van der Waals surface area contributed by atoms with Crippen molar-refractivity contribution in [3.63, 3.8) is 0 Å². The number of rotatable bonds is 10. The minimum absolute atomic E-state index is 0.518. The molecule has 0 saturated heterocycles. The van der Waals surface area contributed by atoms with Crippen molar-refractivity contribution < 1.29 is 4.74 Å². The average Bonchev–Trinajstić information content (AvgIpc) is 3.19. The number of nitriles is 1. The predicted molar refractivity (Wildman–Crippen MR) is 116 cm³/mol. The summed E-state index contributed by atoms with van der Waals surface area (Å²) < 4.78 is 5.64. The second-order valence-corrected chi connectivity index (χ2v) is 6.59. The summed E-state index contributed by atoms with van der Waals surface area (Å²) in [6.07, 6.45) is 8.43. The van der Waals surface area contributed by atoms with Crippen LogP contribution < -0.4 is 10.1 Å². The number of nitrogens with one attached hydrogen (secondary N) is 1. The molecule has 0 aliphatic rings. The van der Waals surface area contributed by atoms with E-state index in [0.29, 0.717) is 11.5 Å². The second-order valence-electron chi connectivity index (χ2n) is 5.54. The summed E-state index contributed by atoms with van der Waals surface area (Å²) >= 11 is 1.37. The van der Waals surface area contributed by atoms with Crippen LogP contribution in [0, 0.1) is 11.3 Å². The van der Waals surface area contributed by atoms with Crippen LogP contribution in [-0.4, -0.2) is 13.2 Å². The van der Waals surface area contributed by atoms with Crippen LogP contribution in [0.2, 0.25) is 0 Å². The lowest BCUT2D eigenvalue weighted by molar-refractivity contribution is 0.373. The highest BCUT2D eigenvalue weighted by atomic mass is 32.1. The lowest BCUT2D eigenvalue weighted by Gasteiger charge is -2.06. The van der Waals surface area contributed by atoms with Gasteiger partial charge in [0, 0.05) is 6.54 Å². The number of hydrogen-bond acceptors (Lipinski definition) is 4. The standard InChI is InChI=1S/C21H24N2OS.C2H4/c1-2-7-18(13-14-23-17-19-8-4-3-5-9-19)10-6-15-24-21-12-11-20(16-22)25-21;1-2/h3-12,23H,2,13-15,17H2,1H3;1-2H2/b10-6-,18-7+;. The molecule has 0 fully saturated rings. The van der Waals surface area contributed by atoms with Gasteiger partial charge in [0.1, 0.15) is 17.6 Å². The van der Waals surface area contributed by atoms with Crippen molar-refractivity contribution in [2.75, 3.05) is 13.2 Å². The minimum atomic E-state index is 0.518. The Hall–Kier alpha value is -2.61. The largest absolute Gasteiger partial charge is 0.480 e. The van der Waals surface area contributed by atoms with Gasteiger partial charge in [-0.05, 0) is 43.2 Å². The van der Waals surface area contributed by atoms with Crippen molar-refractivity contribution in [2.45, 2.75) is 26.3 Å². The quantitative estimate of drug-likeness (QED) is 0.318. The maximum atomic E-state index is 8.81. The first-order valence-electron chi connectivity index (χ1n) is 9.04. The molecule has 142 valence electrons. The minimum Gasteiger partial charge on any atom is -0.480 e. The first-order valence-corrected chi connectivity index (χ1v) is 9.86. The zero-order valence-electron chi connectivity index (χ0n) is 16.0. The predicted octanol–water partition coefficient (Wildman–Crippen LogP) is 5.87. The number of nitrogens with zero attached hydrogens (tertiary/aromatic N) is 1. The van der Waals surface area contributed by atoms with E-state index in [-0.39, 0.29) is 0 Å². The van der Waals surface area contributed by atoms with Crippen LogP contribution in [0.5, 0.6) is 5.06 Å². The number of benzene rings is 1. The van der Waals surface area contributed by atoms with E-state index in [2.05, 4.69) is 67.9 Å². The van der Waals surface area contributed by atoms with E-state index in [1.54, 1.807) is 6.07 Å². The Kier molecular flexibility index (Phi) is 12.1. The highest BCUT2D eigenvalue weighted by molar-refractivity contribution is 7.14. The van der Waals surface area contributed by atoms with Gasteiger partial charge in [-0.15, -0.1) is 13.2 Å². The maximum Gasteiger partial charge on any atom is 0.175 e. The fourth-order valence-electron chi connectivity index (χ4n) is 2.36. The Morgan fingerprint density at radius 1 is 1.22 bits per heavy atom. The summed E-state index contributed by atoms with van der Waals surface area (Å²) in [4.78, 5) is 0.676. The van der Waals surface area contributed by atoms with Crippen LogP contribution >= 0.6 is 11.3 Å². The lowest BCUT2D eigenvalue weighted by atomic mass is 10.1. The summed E-state index contributed by atoms with van der Waals surface area (Å²) in [5, 5.41) is 13.1. The molecule has 1 aromatic carbocycles. The Balaban J connectivity index is 0.00000176. The number of thiophene rings is 1. The van der Waals surface area contributed by atoms with Crippen LogP contribution in [0.25, 0.3) is 0 Å². The molecule has 27 heavy (non-hydrogen) atoms. The van der Waals surface area contributed by atoms with Crippen molar-refractivity contribution in [1.29, 1.82) is 5.26 Å². The molecule has 0 unspecified atom stereocenters. The maximum absolute atomic E-state index is 8.81. The van der Waals surface area contributed by atoms with Crippen molar-refractivity contribution in [3.05, 3.63) is 89.9 Å². The van der Waals surface area contributed by atoms with Crippen LogP contribution in [0.3, 0.4) is 0 Å². The number of ether oxygens (including phenoxy) is 1. The third-order valence-electron chi connectivity index (χ3n) is 3.57. The van der Waals surface area contributed by atoms with E-state index >= 15 is 0 Å². The molecule has 0 atom stereocenters. The van der Waals surface area contributed by atoms with Gasteiger partial charge in [0.15, 0.2) is 5.06 Å². The number of hydrogen-bond donors (Lipinski definition) is 1. The molecule has 0 aliphatic carbocycles. The molecule has 3 nitrogen and oxygen atoms in total. The first kappa shape index (κ1) is 22.4. The SMILES string of the molecule is C=C.CC/C=C(\C=C/COc1ccc(C#N)s1)CCNCc1ccccc1. The first-order chi connectivity index (χ1) is 13.3. The van der Waals surface area contributed by atoms with Gasteiger partial charge in [-0.2, -0.15) is 5.26 Å². The van der Waals surface area contributed by atoms with E-state index in [1.165, 1.54) is 22.5 Å². The van der Waals surface area contributed by atoms with Gasteiger partial charge in [-0.3, -0.25) is 0 Å². The summed E-state index contributed by atoms with van der Waals surface area (Å²) in [6.45, 7) is 10.5. The fraction of sp³-hybridized carbons (Fsp3) is 0.261. The van der Waals surface area contributed by atoms with E-state index in [4.69, 9.17) is 10.00 Å². The molecule has 2 rings (SSSR count). The molecule has 0 bridgehead atoms. The lowest BCUT2D eigenvalue weighted by Crippen LogP contribution is -2.15. The Morgan fingerprint density at radius 2 is 2.00 bits per heavy atom. The van der Waals surface area contributed by atoms with Gasteiger partial charge in [-0.25, -0.2) is 0 Å². The molecule has 1 aromatic heterocycles. The van der Waals surface area contributed by atoms with Gasteiger partial charge < -0.3 is 10.1 Å². The molecule has 4 heteroatoms. The van der Waals surface area contributed by atoms with Gasteiger partial charge >= 0.3 is 0 Å². The molecule has 2 aromatic rings. The molecule has 0 aliphatic heterocycles. The van der Waals surface area contributed by atoms with E-state index in [9.17, 15) is 0 Å². The third kappa shape index (κ3) is 9.60. The van der Waals surface area contributed by atoms with Gasteiger partial charge in [-0.1, -0.05) is 66.3 Å². The summed E-state index contributed by atoms with van der Waals surface area (Å²) in [5.74, 6) is 0. The molecule has 1 N–H and O–H groups in total. The molecular formula is C23H28N2OS. The smallest absolute Gasteiger partial charge is 0.175 e. The number of allylic oxidation sites excluding steroid dienone is 2. The molecule has 0 spiro atoms. The van der Waals surface area contributed by atoms with Crippen LogP contribution in [-0.2, 0) is 6.54 Å². The zero-order chi connectivity index (χ0) is 19.7. The van der Waals surface area contributed by atoms with Crippen molar-refractivity contribution >= 4 is 11.3 Å². The van der Waals surface area contributed by atoms with Crippen LogP contribution in [0.1, 0.15) is 30.2 Å². The summed E-state index contributed by atoms with van der Waals surface area (Å²) in [7, 11) is 0. The van der Waals surface area contributed by atoms with Crippen molar-refractivity contribution in [1.82, 2.24) is 5.32 Å². The molecule has 1 heterocycles. The molecule has 0 saturated carbocycles. The highest BCUT2D eigenvalue weighted by Crippen LogP contribution is 2.23. The Morgan fingerprint density at radius 3 is 2.67 bits per heavy atom. The van der Waals surface area contributed by atoms with Crippen LogP contribution in [0.4, 0.5) is 0 Å². The summed E-state index contributed by atoms with van der Waals surface area (Å²) in [6, 6.07) is 16.2. The average molecular weight is 381 g/mol. The third-order valence-corrected chi connectivity index (χ3v) is 4.48.